The molecule has 0 amide bonds. The Morgan fingerprint density at radius 1 is 1.35 bits per heavy atom. The van der Waals surface area contributed by atoms with Crippen molar-refractivity contribution in [1.29, 1.82) is 5.26 Å². The quantitative estimate of drug-likeness (QED) is 0.900. The number of rotatable bonds is 4. The predicted octanol–water partition coefficient (Wildman–Crippen LogP) is 1.39. The Morgan fingerprint density at radius 3 is 2.65 bits per heavy atom. The van der Waals surface area contributed by atoms with E-state index in [4.69, 9.17) is 5.73 Å². The molecule has 20 heavy (non-hydrogen) atoms. The van der Waals surface area contributed by atoms with Crippen LogP contribution >= 0.6 is 0 Å². The molecule has 0 radical (unpaired) electrons. The molecule has 2 rings (SSSR count). The molecule has 4 heteroatoms. The van der Waals surface area contributed by atoms with Crippen LogP contribution in [0.15, 0.2) is 30.3 Å². The van der Waals surface area contributed by atoms with E-state index in [0.29, 0.717) is 12.6 Å². The lowest BCUT2D eigenvalue weighted by Gasteiger charge is -2.41. The maximum atomic E-state index is 9.53. The number of hydrogen-bond donors (Lipinski definition) is 1. The molecule has 108 valence electrons. The molecule has 0 aliphatic carbocycles. The monoisotopic (exact) mass is 272 g/mol. The zero-order valence-corrected chi connectivity index (χ0v) is 12.4. The van der Waals surface area contributed by atoms with E-state index < -0.39 is 5.54 Å². The molecule has 1 heterocycles. The van der Waals surface area contributed by atoms with E-state index in [1.165, 1.54) is 0 Å². The van der Waals surface area contributed by atoms with Gasteiger partial charge in [0.05, 0.1) is 6.07 Å². The number of nitriles is 1. The topological polar surface area (TPSA) is 56.3 Å². The smallest absolute Gasteiger partial charge is 0.142 e. The fraction of sp³-hybridized carbons (Fsp3) is 0.562. The first-order valence-electron chi connectivity index (χ1n) is 7.27. The Labute approximate surface area is 121 Å². The second-order valence-electron chi connectivity index (χ2n) is 5.73. The van der Waals surface area contributed by atoms with E-state index in [-0.39, 0.29) is 0 Å². The number of likely N-dealkylation sites (N-methyl/N-ethyl adjacent to an activating group) is 1. The summed E-state index contributed by atoms with van der Waals surface area (Å²) in [6, 6.07) is 12.6. The standard InChI is InChI=1S/C16H24N4/c1-3-15-11-20(10-9-19(15)2)13-16(18,12-17)14-7-5-4-6-8-14/h4-8,15H,3,9-11,13,18H2,1-2H3. The van der Waals surface area contributed by atoms with Crippen molar-refractivity contribution in [2.45, 2.75) is 24.9 Å². The van der Waals surface area contributed by atoms with Gasteiger partial charge in [-0.3, -0.25) is 4.90 Å². The third kappa shape index (κ3) is 3.18. The summed E-state index contributed by atoms with van der Waals surface area (Å²) in [7, 11) is 2.17. The van der Waals surface area contributed by atoms with E-state index in [2.05, 4.69) is 29.8 Å². The van der Waals surface area contributed by atoms with Crippen LogP contribution in [0.3, 0.4) is 0 Å². The summed E-state index contributed by atoms with van der Waals surface area (Å²) < 4.78 is 0. The molecule has 1 aromatic rings. The zero-order valence-electron chi connectivity index (χ0n) is 12.4. The minimum Gasteiger partial charge on any atom is -0.309 e. The molecule has 2 N–H and O–H groups in total. The van der Waals surface area contributed by atoms with E-state index in [0.717, 1.165) is 31.6 Å². The third-order valence-corrected chi connectivity index (χ3v) is 4.29. The first kappa shape index (κ1) is 15.0. The number of nitrogens with zero attached hydrogens (tertiary/aromatic N) is 3. The van der Waals surface area contributed by atoms with E-state index in [9.17, 15) is 5.26 Å². The number of hydrogen-bond acceptors (Lipinski definition) is 4. The number of nitrogens with two attached hydrogens (primary N) is 1. The van der Waals surface area contributed by atoms with Crippen LogP contribution < -0.4 is 5.73 Å². The van der Waals surface area contributed by atoms with E-state index in [1.54, 1.807) is 0 Å². The van der Waals surface area contributed by atoms with Gasteiger partial charge in [0.1, 0.15) is 5.54 Å². The Kier molecular flexibility index (Phi) is 4.77. The fourth-order valence-electron chi connectivity index (χ4n) is 2.87. The summed E-state index contributed by atoms with van der Waals surface area (Å²) in [5.74, 6) is 0. The molecule has 0 spiro atoms. The molecule has 1 fully saturated rings. The lowest BCUT2D eigenvalue weighted by Crippen LogP contribution is -2.56. The molecular formula is C16H24N4. The highest BCUT2D eigenvalue weighted by molar-refractivity contribution is 5.31. The minimum absolute atomic E-state index is 0.558. The lowest BCUT2D eigenvalue weighted by atomic mass is 9.91. The van der Waals surface area contributed by atoms with Crippen LogP contribution in [0.25, 0.3) is 0 Å². The average Bonchev–Trinajstić information content (AvgIpc) is 2.50. The van der Waals surface area contributed by atoms with Crippen LogP contribution in [0.5, 0.6) is 0 Å². The Balaban J connectivity index is 2.09. The van der Waals surface area contributed by atoms with Crippen molar-refractivity contribution in [3.63, 3.8) is 0 Å². The van der Waals surface area contributed by atoms with Gasteiger partial charge in [-0.2, -0.15) is 5.26 Å². The molecule has 0 aromatic heterocycles. The molecular weight excluding hydrogens is 248 g/mol. The maximum Gasteiger partial charge on any atom is 0.142 e. The lowest BCUT2D eigenvalue weighted by molar-refractivity contribution is 0.0825. The summed E-state index contributed by atoms with van der Waals surface area (Å²) >= 11 is 0. The van der Waals surface area contributed by atoms with E-state index in [1.807, 2.05) is 30.3 Å². The molecule has 1 aliphatic rings. The first-order valence-corrected chi connectivity index (χ1v) is 7.27. The fourth-order valence-corrected chi connectivity index (χ4v) is 2.87. The van der Waals surface area contributed by atoms with E-state index >= 15 is 0 Å². The Hall–Kier alpha value is -1.41. The summed E-state index contributed by atoms with van der Waals surface area (Å²) in [5.41, 5.74) is 6.33. The highest BCUT2D eigenvalue weighted by Gasteiger charge is 2.32. The van der Waals surface area contributed by atoms with Crippen molar-refractivity contribution in [1.82, 2.24) is 9.80 Å². The van der Waals surface area contributed by atoms with Gasteiger partial charge in [-0.05, 0) is 19.0 Å². The van der Waals surface area contributed by atoms with Crippen molar-refractivity contribution >= 4 is 0 Å². The van der Waals surface area contributed by atoms with Crippen molar-refractivity contribution < 1.29 is 0 Å². The molecule has 4 nitrogen and oxygen atoms in total. The van der Waals surface area contributed by atoms with Crippen LogP contribution in [0.4, 0.5) is 0 Å². The van der Waals surface area contributed by atoms with Gasteiger partial charge in [-0.15, -0.1) is 0 Å². The molecule has 2 atom stereocenters. The van der Waals surface area contributed by atoms with Crippen LogP contribution in [0.2, 0.25) is 0 Å². The third-order valence-electron chi connectivity index (χ3n) is 4.29. The van der Waals surface area contributed by atoms with Crippen LogP contribution in [-0.2, 0) is 5.54 Å². The summed E-state index contributed by atoms with van der Waals surface area (Å²) in [5, 5.41) is 9.53. The van der Waals surface area contributed by atoms with Crippen molar-refractivity contribution in [2.24, 2.45) is 5.73 Å². The van der Waals surface area contributed by atoms with Gasteiger partial charge in [0.15, 0.2) is 0 Å². The van der Waals surface area contributed by atoms with Crippen LogP contribution in [-0.4, -0.2) is 49.1 Å². The average molecular weight is 272 g/mol. The summed E-state index contributed by atoms with van der Waals surface area (Å²) in [6.45, 7) is 5.80. The summed E-state index contributed by atoms with van der Waals surface area (Å²) in [6.07, 6.45) is 1.13. The van der Waals surface area contributed by atoms with Crippen molar-refractivity contribution in [3.8, 4) is 6.07 Å². The molecule has 0 saturated carbocycles. The zero-order chi connectivity index (χ0) is 14.6. The molecule has 0 bridgehead atoms. The largest absolute Gasteiger partial charge is 0.309 e. The molecule has 1 aliphatic heterocycles. The van der Waals surface area contributed by atoms with Gasteiger partial charge in [0, 0.05) is 32.2 Å². The predicted molar refractivity (Wildman–Crippen MR) is 81.1 cm³/mol. The van der Waals surface area contributed by atoms with Gasteiger partial charge in [0.25, 0.3) is 0 Å². The van der Waals surface area contributed by atoms with Gasteiger partial charge in [-0.25, -0.2) is 0 Å². The highest BCUT2D eigenvalue weighted by atomic mass is 15.3. The van der Waals surface area contributed by atoms with Crippen molar-refractivity contribution in [3.05, 3.63) is 35.9 Å². The van der Waals surface area contributed by atoms with Crippen molar-refractivity contribution in [2.75, 3.05) is 33.2 Å². The second kappa shape index (κ2) is 6.36. The minimum atomic E-state index is -0.921. The van der Waals surface area contributed by atoms with Gasteiger partial charge < -0.3 is 10.6 Å². The second-order valence-corrected chi connectivity index (χ2v) is 5.73. The number of piperazine rings is 1. The maximum absolute atomic E-state index is 9.53. The van der Waals surface area contributed by atoms with Gasteiger partial charge >= 0.3 is 0 Å². The Morgan fingerprint density at radius 2 is 2.05 bits per heavy atom. The van der Waals surface area contributed by atoms with Crippen LogP contribution in [0.1, 0.15) is 18.9 Å². The molecule has 1 aromatic carbocycles. The van der Waals surface area contributed by atoms with Gasteiger partial charge in [0.2, 0.25) is 0 Å². The number of benzene rings is 1. The SMILES string of the molecule is CCC1CN(CC(N)(C#N)c2ccccc2)CCN1C. The Bertz CT molecular complexity index is 467. The van der Waals surface area contributed by atoms with Gasteiger partial charge in [-0.1, -0.05) is 37.3 Å². The van der Waals surface area contributed by atoms with Crippen LogP contribution in [0, 0.1) is 11.3 Å². The normalized spacial score (nSPS) is 24.0. The summed E-state index contributed by atoms with van der Waals surface area (Å²) in [4.78, 5) is 4.72. The molecule has 1 saturated heterocycles. The molecule has 2 unspecified atom stereocenters. The highest BCUT2D eigenvalue weighted by Crippen LogP contribution is 2.21. The first-order chi connectivity index (χ1) is 9.59.